The second-order valence-electron chi connectivity index (χ2n) is 5.88. The number of aromatic nitrogens is 1. The van der Waals surface area contributed by atoms with Crippen LogP contribution in [0.25, 0.3) is 11.1 Å². The lowest BCUT2D eigenvalue weighted by molar-refractivity contribution is 0.296. The SMILES string of the molecule is COc1cccc(CN(C)CCn2c(=O)oc3ccccc32)c1OC. The van der Waals surface area contributed by atoms with Crippen LogP contribution >= 0.6 is 0 Å². The van der Waals surface area contributed by atoms with E-state index in [0.717, 1.165) is 16.8 Å². The predicted molar refractivity (Wildman–Crippen MR) is 96.4 cm³/mol. The molecule has 25 heavy (non-hydrogen) atoms. The van der Waals surface area contributed by atoms with Crippen LogP contribution in [0.1, 0.15) is 5.56 Å². The highest BCUT2D eigenvalue weighted by atomic mass is 16.5. The Kier molecular flexibility index (Phi) is 5.09. The van der Waals surface area contributed by atoms with Crippen LogP contribution in [0.3, 0.4) is 0 Å². The van der Waals surface area contributed by atoms with Gasteiger partial charge in [0.1, 0.15) is 0 Å². The van der Waals surface area contributed by atoms with E-state index in [4.69, 9.17) is 13.9 Å². The first kappa shape index (κ1) is 17.1. The second kappa shape index (κ2) is 7.44. The predicted octanol–water partition coefficient (Wildman–Crippen LogP) is 2.74. The fourth-order valence-corrected chi connectivity index (χ4v) is 2.94. The minimum absolute atomic E-state index is 0.325. The molecule has 3 rings (SSSR count). The van der Waals surface area contributed by atoms with Crippen LogP contribution < -0.4 is 15.2 Å². The molecule has 1 aromatic heterocycles. The lowest BCUT2D eigenvalue weighted by atomic mass is 10.1. The molecule has 1 heterocycles. The van der Waals surface area contributed by atoms with Crippen molar-refractivity contribution in [3.63, 3.8) is 0 Å². The topological polar surface area (TPSA) is 56.8 Å². The number of para-hydroxylation sites is 3. The molecule has 6 heteroatoms. The molecule has 0 saturated carbocycles. The van der Waals surface area contributed by atoms with Crippen LogP contribution in [-0.2, 0) is 13.1 Å². The van der Waals surface area contributed by atoms with Gasteiger partial charge in [0.05, 0.1) is 19.7 Å². The number of likely N-dealkylation sites (N-methyl/N-ethyl adjacent to an activating group) is 1. The molecule has 0 amide bonds. The maximum absolute atomic E-state index is 12.0. The Labute approximate surface area is 146 Å². The summed E-state index contributed by atoms with van der Waals surface area (Å²) in [7, 11) is 5.27. The van der Waals surface area contributed by atoms with E-state index < -0.39 is 0 Å². The van der Waals surface area contributed by atoms with Gasteiger partial charge < -0.3 is 18.8 Å². The van der Waals surface area contributed by atoms with Crippen molar-refractivity contribution in [2.75, 3.05) is 27.8 Å². The molecule has 0 radical (unpaired) electrons. The highest BCUT2D eigenvalue weighted by Crippen LogP contribution is 2.31. The minimum Gasteiger partial charge on any atom is -0.493 e. The third-order valence-corrected chi connectivity index (χ3v) is 4.20. The lowest BCUT2D eigenvalue weighted by Crippen LogP contribution is -2.26. The quantitative estimate of drug-likeness (QED) is 0.661. The van der Waals surface area contributed by atoms with Crippen molar-refractivity contribution in [2.24, 2.45) is 0 Å². The van der Waals surface area contributed by atoms with Crippen molar-refractivity contribution >= 4 is 11.1 Å². The zero-order chi connectivity index (χ0) is 17.8. The van der Waals surface area contributed by atoms with Gasteiger partial charge in [0, 0.05) is 25.2 Å². The fourth-order valence-electron chi connectivity index (χ4n) is 2.94. The van der Waals surface area contributed by atoms with E-state index in [1.165, 1.54) is 0 Å². The molecule has 0 aliphatic heterocycles. The maximum Gasteiger partial charge on any atom is 0.419 e. The van der Waals surface area contributed by atoms with E-state index >= 15 is 0 Å². The van der Waals surface area contributed by atoms with Gasteiger partial charge in [-0.15, -0.1) is 0 Å². The van der Waals surface area contributed by atoms with Crippen LogP contribution in [0, 0.1) is 0 Å². The average molecular weight is 342 g/mol. The van der Waals surface area contributed by atoms with Gasteiger partial charge in [0.2, 0.25) is 0 Å². The van der Waals surface area contributed by atoms with Crippen LogP contribution in [0.15, 0.2) is 51.7 Å². The van der Waals surface area contributed by atoms with Gasteiger partial charge in [0.25, 0.3) is 0 Å². The van der Waals surface area contributed by atoms with Gasteiger partial charge in [-0.1, -0.05) is 24.3 Å². The number of benzene rings is 2. The Balaban J connectivity index is 1.72. The molecule has 0 N–H and O–H groups in total. The van der Waals surface area contributed by atoms with E-state index in [9.17, 15) is 4.79 Å². The maximum atomic E-state index is 12.0. The van der Waals surface area contributed by atoms with Gasteiger partial charge >= 0.3 is 5.76 Å². The molecule has 6 nitrogen and oxygen atoms in total. The lowest BCUT2D eigenvalue weighted by Gasteiger charge is -2.19. The summed E-state index contributed by atoms with van der Waals surface area (Å²) in [5, 5.41) is 0. The Hall–Kier alpha value is -2.73. The number of fused-ring (bicyclic) bond motifs is 1. The van der Waals surface area contributed by atoms with Crippen LogP contribution in [0.2, 0.25) is 0 Å². The standard InChI is InChI=1S/C19H22N2O4/c1-20(13-14-7-6-10-17(23-2)18(14)24-3)11-12-21-15-8-4-5-9-16(15)25-19(21)22/h4-10H,11-13H2,1-3H3. The van der Waals surface area contributed by atoms with Gasteiger partial charge in [-0.05, 0) is 25.2 Å². The average Bonchev–Trinajstić information content (AvgIpc) is 2.94. The van der Waals surface area contributed by atoms with E-state index in [1.54, 1.807) is 24.9 Å². The number of hydrogen-bond acceptors (Lipinski definition) is 5. The molecule has 0 bridgehead atoms. The van der Waals surface area contributed by atoms with Gasteiger partial charge in [-0.25, -0.2) is 4.79 Å². The monoisotopic (exact) mass is 342 g/mol. The number of rotatable bonds is 7. The molecule has 0 saturated heterocycles. The number of ether oxygens (including phenoxy) is 2. The summed E-state index contributed by atoms with van der Waals surface area (Å²) >= 11 is 0. The summed E-state index contributed by atoms with van der Waals surface area (Å²) in [6.45, 7) is 1.94. The largest absolute Gasteiger partial charge is 0.493 e. The Morgan fingerprint density at radius 1 is 1.08 bits per heavy atom. The van der Waals surface area contributed by atoms with Crippen molar-refractivity contribution in [2.45, 2.75) is 13.1 Å². The van der Waals surface area contributed by atoms with Gasteiger partial charge in [-0.3, -0.25) is 4.57 Å². The summed E-state index contributed by atoms with van der Waals surface area (Å²) in [6.07, 6.45) is 0. The Morgan fingerprint density at radius 3 is 2.64 bits per heavy atom. The molecule has 2 aromatic carbocycles. The highest BCUT2D eigenvalue weighted by Gasteiger charge is 2.13. The first-order chi connectivity index (χ1) is 12.1. The fraction of sp³-hybridized carbons (Fsp3) is 0.316. The first-order valence-corrected chi connectivity index (χ1v) is 8.11. The van der Waals surface area contributed by atoms with E-state index in [2.05, 4.69) is 4.90 Å². The second-order valence-corrected chi connectivity index (χ2v) is 5.88. The number of nitrogens with zero attached hydrogens (tertiary/aromatic N) is 2. The van der Waals surface area contributed by atoms with Crippen LogP contribution in [-0.4, -0.2) is 37.3 Å². The molecule has 0 aliphatic carbocycles. The molecule has 132 valence electrons. The zero-order valence-electron chi connectivity index (χ0n) is 14.7. The molecule has 0 atom stereocenters. The molecule has 0 fully saturated rings. The number of methoxy groups -OCH3 is 2. The number of oxazole rings is 1. The van der Waals surface area contributed by atoms with Crippen molar-refractivity contribution in [3.8, 4) is 11.5 Å². The molecular formula is C19H22N2O4. The first-order valence-electron chi connectivity index (χ1n) is 8.11. The van der Waals surface area contributed by atoms with Crippen molar-refractivity contribution in [3.05, 3.63) is 58.6 Å². The summed E-state index contributed by atoms with van der Waals surface area (Å²) in [4.78, 5) is 14.2. The summed E-state index contributed by atoms with van der Waals surface area (Å²) in [6, 6.07) is 13.3. The van der Waals surface area contributed by atoms with Crippen LogP contribution in [0.5, 0.6) is 11.5 Å². The Bertz CT molecular complexity index is 913. The van der Waals surface area contributed by atoms with Gasteiger partial charge in [0.15, 0.2) is 17.1 Å². The molecule has 0 unspecified atom stereocenters. The number of hydrogen-bond donors (Lipinski definition) is 0. The third kappa shape index (κ3) is 3.53. The van der Waals surface area contributed by atoms with E-state index in [-0.39, 0.29) is 5.76 Å². The van der Waals surface area contributed by atoms with Crippen molar-refractivity contribution in [1.29, 1.82) is 0 Å². The zero-order valence-corrected chi connectivity index (χ0v) is 14.7. The molecular weight excluding hydrogens is 320 g/mol. The summed E-state index contributed by atoms with van der Waals surface area (Å²) in [5.74, 6) is 1.13. The van der Waals surface area contributed by atoms with Crippen molar-refractivity contribution in [1.82, 2.24) is 9.47 Å². The minimum atomic E-state index is -0.325. The van der Waals surface area contributed by atoms with Crippen LogP contribution in [0.4, 0.5) is 0 Å². The normalized spacial score (nSPS) is 11.2. The van der Waals surface area contributed by atoms with E-state index in [1.807, 2.05) is 43.4 Å². The smallest absolute Gasteiger partial charge is 0.419 e. The highest BCUT2D eigenvalue weighted by molar-refractivity contribution is 5.72. The van der Waals surface area contributed by atoms with Gasteiger partial charge in [-0.2, -0.15) is 0 Å². The molecule has 0 spiro atoms. The van der Waals surface area contributed by atoms with Crippen molar-refractivity contribution < 1.29 is 13.9 Å². The molecule has 3 aromatic rings. The Morgan fingerprint density at radius 2 is 1.88 bits per heavy atom. The summed E-state index contributed by atoms with van der Waals surface area (Å²) < 4.78 is 17.7. The molecule has 0 aliphatic rings. The van der Waals surface area contributed by atoms with E-state index in [0.29, 0.717) is 31.0 Å². The summed E-state index contributed by atoms with van der Waals surface area (Å²) in [5.41, 5.74) is 2.47. The third-order valence-electron chi connectivity index (χ3n) is 4.20.